The molecule has 4 nitrogen and oxygen atoms in total. The van der Waals surface area contributed by atoms with Gasteiger partial charge in [-0.2, -0.15) is 0 Å². The molecule has 120 valence electrons. The van der Waals surface area contributed by atoms with E-state index < -0.39 is 5.72 Å². The minimum Gasteiger partial charge on any atom is -0.366 e. The SMILES string of the molecule is CCN1C(=NCc2cccnc2)SCC1(O)c1ccc(Cl)cc1. The van der Waals surface area contributed by atoms with E-state index in [0.29, 0.717) is 23.9 Å². The molecular weight excluding hydrogens is 330 g/mol. The van der Waals surface area contributed by atoms with Gasteiger partial charge in [-0.15, -0.1) is 0 Å². The van der Waals surface area contributed by atoms with Crippen molar-refractivity contribution in [3.63, 3.8) is 0 Å². The summed E-state index contributed by atoms with van der Waals surface area (Å²) in [5.41, 5.74) is 0.846. The van der Waals surface area contributed by atoms with Gasteiger partial charge in [-0.25, -0.2) is 0 Å². The van der Waals surface area contributed by atoms with Crippen LogP contribution >= 0.6 is 23.4 Å². The van der Waals surface area contributed by atoms with Gasteiger partial charge in [0.25, 0.3) is 0 Å². The highest BCUT2D eigenvalue weighted by atomic mass is 35.5. The van der Waals surface area contributed by atoms with Crippen molar-refractivity contribution >= 4 is 28.5 Å². The molecule has 1 saturated heterocycles. The molecule has 0 radical (unpaired) electrons. The molecule has 1 aromatic carbocycles. The molecule has 1 fully saturated rings. The number of benzene rings is 1. The number of thioether (sulfide) groups is 1. The maximum atomic E-state index is 11.1. The topological polar surface area (TPSA) is 48.7 Å². The number of halogens is 1. The number of hydrogen-bond acceptors (Lipinski definition) is 4. The van der Waals surface area contributed by atoms with E-state index in [0.717, 1.165) is 16.3 Å². The Kier molecular flexibility index (Phi) is 4.90. The lowest BCUT2D eigenvalue weighted by molar-refractivity contribution is -0.0453. The maximum absolute atomic E-state index is 11.1. The van der Waals surface area contributed by atoms with Gasteiger partial charge in [0, 0.05) is 29.5 Å². The molecule has 0 bridgehead atoms. The monoisotopic (exact) mass is 347 g/mol. The molecule has 0 amide bonds. The van der Waals surface area contributed by atoms with Crippen LogP contribution in [-0.2, 0) is 12.3 Å². The molecule has 1 aliphatic heterocycles. The van der Waals surface area contributed by atoms with Crippen molar-refractivity contribution in [2.45, 2.75) is 19.2 Å². The van der Waals surface area contributed by atoms with Crippen LogP contribution in [0.3, 0.4) is 0 Å². The van der Waals surface area contributed by atoms with Gasteiger partial charge in [0.2, 0.25) is 0 Å². The number of rotatable bonds is 4. The third-order valence-corrected chi connectivity index (χ3v) is 5.23. The summed E-state index contributed by atoms with van der Waals surface area (Å²) in [6, 6.07) is 11.2. The van der Waals surface area contributed by atoms with E-state index >= 15 is 0 Å². The van der Waals surface area contributed by atoms with E-state index in [1.807, 2.05) is 42.3 Å². The summed E-state index contributed by atoms with van der Waals surface area (Å²) in [4.78, 5) is 10.7. The van der Waals surface area contributed by atoms with E-state index in [4.69, 9.17) is 11.6 Å². The minimum atomic E-state index is -1.04. The predicted octanol–water partition coefficient (Wildman–Crippen LogP) is 3.51. The third-order valence-electron chi connectivity index (χ3n) is 3.82. The third kappa shape index (κ3) is 3.37. The lowest BCUT2D eigenvalue weighted by atomic mass is 10.0. The second-order valence-corrected chi connectivity index (χ2v) is 6.70. The Morgan fingerprint density at radius 2 is 2.13 bits per heavy atom. The van der Waals surface area contributed by atoms with Crippen LogP contribution in [-0.4, -0.2) is 32.5 Å². The van der Waals surface area contributed by atoms with Crippen molar-refractivity contribution < 1.29 is 5.11 Å². The first-order valence-corrected chi connectivity index (χ1v) is 8.82. The van der Waals surface area contributed by atoms with Gasteiger partial charge in [-0.05, 0) is 30.7 Å². The van der Waals surface area contributed by atoms with Crippen LogP contribution in [0.25, 0.3) is 0 Å². The zero-order valence-electron chi connectivity index (χ0n) is 12.8. The molecule has 23 heavy (non-hydrogen) atoms. The summed E-state index contributed by atoms with van der Waals surface area (Å²) in [5.74, 6) is 0.550. The molecule has 1 atom stereocenters. The molecule has 0 saturated carbocycles. The number of pyridine rings is 1. The summed E-state index contributed by atoms with van der Waals surface area (Å²) >= 11 is 7.52. The highest BCUT2D eigenvalue weighted by Gasteiger charge is 2.43. The fraction of sp³-hybridized carbons (Fsp3) is 0.294. The molecule has 1 aromatic heterocycles. The molecule has 2 heterocycles. The van der Waals surface area contributed by atoms with E-state index in [1.165, 1.54) is 0 Å². The summed E-state index contributed by atoms with van der Waals surface area (Å²) in [5, 5.41) is 12.7. The summed E-state index contributed by atoms with van der Waals surface area (Å²) in [6.07, 6.45) is 3.56. The molecule has 6 heteroatoms. The Morgan fingerprint density at radius 3 is 2.78 bits per heavy atom. The normalized spacial score (nSPS) is 22.7. The van der Waals surface area contributed by atoms with Crippen molar-refractivity contribution in [3.8, 4) is 0 Å². The highest BCUT2D eigenvalue weighted by Crippen LogP contribution is 2.39. The van der Waals surface area contributed by atoms with Gasteiger partial charge in [0.1, 0.15) is 0 Å². The second kappa shape index (κ2) is 6.91. The Hall–Kier alpha value is -1.56. The number of aliphatic imine (C=N–C) groups is 1. The molecule has 0 aliphatic carbocycles. The lowest BCUT2D eigenvalue weighted by Gasteiger charge is -2.33. The van der Waals surface area contributed by atoms with Crippen molar-refractivity contribution in [1.29, 1.82) is 0 Å². The zero-order valence-corrected chi connectivity index (χ0v) is 14.4. The van der Waals surface area contributed by atoms with Crippen LogP contribution in [0.4, 0.5) is 0 Å². The van der Waals surface area contributed by atoms with E-state index in [-0.39, 0.29) is 0 Å². The molecule has 3 rings (SSSR count). The second-order valence-electron chi connectivity index (χ2n) is 5.32. The first-order valence-electron chi connectivity index (χ1n) is 7.45. The van der Waals surface area contributed by atoms with Crippen molar-refractivity contribution in [2.24, 2.45) is 4.99 Å². The molecule has 1 N–H and O–H groups in total. The number of nitrogens with zero attached hydrogens (tertiary/aromatic N) is 3. The molecule has 2 aromatic rings. The van der Waals surface area contributed by atoms with Crippen LogP contribution in [0.2, 0.25) is 5.02 Å². The smallest absolute Gasteiger partial charge is 0.175 e. The summed E-state index contributed by atoms with van der Waals surface area (Å²) in [7, 11) is 0. The standard InChI is InChI=1S/C17H18ClN3OS/c1-2-21-16(20-11-13-4-3-9-19-10-13)23-12-17(21,22)14-5-7-15(18)8-6-14/h3-10,22H,2,11-12H2,1H3. The van der Waals surface area contributed by atoms with Crippen molar-refractivity contribution in [1.82, 2.24) is 9.88 Å². The first-order chi connectivity index (χ1) is 11.1. The Balaban J connectivity index is 1.83. The molecular formula is C17H18ClN3OS. The number of amidine groups is 1. The summed E-state index contributed by atoms with van der Waals surface area (Å²) < 4.78 is 0. The van der Waals surface area contributed by atoms with Crippen LogP contribution in [0.15, 0.2) is 53.8 Å². The fourth-order valence-electron chi connectivity index (χ4n) is 2.61. The quantitative estimate of drug-likeness (QED) is 0.919. The van der Waals surface area contributed by atoms with Gasteiger partial charge in [-0.1, -0.05) is 41.6 Å². The molecule has 1 unspecified atom stereocenters. The fourth-order valence-corrected chi connectivity index (χ4v) is 3.98. The Labute approximate surface area is 145 Å². The highest BCUT2D eigenvalue weighted by molar-refractivity contribution is 8.14. The van der Waals surface area contributed by atoms with Crippen LogP contribution in [0.5, 0.6) is 0 Å². The van der Waals surface area contributed by atoms with Gasteiger partial charge in [0.15, 0.2) is 10.9 Å². The van der Waals surface area contributed by atoms with Gasteiger partial charge in [-0.3, -0.25) is 9.98 Å². The Morgan fingerprint density at radius 1 is 1.35 bits per heavy atom. The van der Waals surface area contributed by atoms with E-state index in [1.54, 1.807) is 30.1 Å². The van der Waals surface area contributed by atoms with Gasteiger partial charge in [0.05, 0.1) is 12.3 Å². The average Bonchev–Trinajstić information content (AvgIpc) is 2.91. The van der Waals surface area contributed by atoms with Crippen molar-refractivity contribution in [3.05, 3.63) is 64.9 Å². The predicted molar refractivity (Wildman–Crippen MR) is 95.6 cm³/mol. The minimum absolute atomic E-state index is 0.550. The maximum Gasteiger partial charge on any atom is 0.175 e. The Bertz CT molecular complexity index is 693. The molecule has 0 spiro atoms. The average molecular weight is 348 g/mol. The van der Waals surface area contributed by atoms with E-state index in [9.17, 15) is 5.11 Å². The lowest BCUT2D eigenvalue weighted by Crippen LogP contribution is -2.44. The van der Waals surface area contributed by atoms with Crippen LogP contribution in [0.1, 0.15) is 18.1 Å². The summed E-state index contributed by atoms with van der Waals surface area (Å²) in [6.45, 7) is 3.26. The van der Waals surface area contributed by atoms with E-state index in [2.05, 4.69) is 9.98 Å². The van der Waals surface area contributed by atoms with Crippen LogP contribution < -0.4 is 0 Å². The van der Waals surface area contributed by atoms with Crippen molar-refractivity contribution in [2.75, 3.05) is 12.3 Å². The number of hydrogen-bond donors (Lipinski definition) is 1. The largest absolute Gasteiger partial charge is 0.366 e. The van der Waals surface area contributed by atoms with Gasteiger partial charge >= 0.3 is 0 Å². The number of aromatic nitrogens is 1. The first kappa shape index (κ1) is 16.3. The van der Waals surface area contributed by atoms with Crippen LogP contribution in [0, 0.1) is 0 Å². The number of aliphatic hydroxyl groups is 1. The van der Waals surface area contributed by atoms with Gasteiger partial charge < -0.3 is 10.0 Å². The molecule has 1 aliphatic rings. The zero-order chi connectivity index (χ0) is 16.3.